The zero-order valence-corrected chi connectivity index (χ0v) is 11.4. The topological polar surface area (TPSA) is 85.3 Å². The van der Waals surface area contributed by atoms with Crippen molar-refractivity contribution in [3.63, 3.8) is 0 Å². The van der Waals surface area contributed by atoms with Crippen LogP contribution in [-0.2, 0) is 0 Å². The minimum absolute atomic E-state index is 0.0391. The van der Waals surface area contributed by atoms with Gasteiger partial charge in [-0.1, -0.05) is 13.8 Å². The van der Waals surface area contributed by atoms with Crippen molar-refractivity contribution in [3.8, 4) is 0 Å². The van der Waals surface area contributed by atoms with E-state index in [9.17, 15) is 10.1 Å². The van der Waals surface area contributed by atoms with Gasteiger partial charge in [0.25, 0.3) is 0 Å². The summed E-state index contributed by atoms with van der Waals surface area (Å²) in [6, 6.07) is 2.91. The van der Waals surface area contributed by atoms with Crippen LogP contribution >= 0.6 is 0 Å². The number of nitrogen functional groups attached to an aromatic ring is 1. The Labute approximate surface area is 112 Å². The molecule has 2 rings (SSSR count). The van der Waals surface area contributed by atoms with Gasteiger partial charge in [-0.05, 0) is 30.7 Å². The Morgan fingerprint density at radius 2 is 2.05 bits per heavy atom. The molecule has 1 aromatic heterocycles. The van der Waals surface area contributed by atoms with Crippen LogP contribution in [0.4, 0.5) is 17.3 Å². The third-order valence-electron chi connectivity index (χ3n) is 3.85. The van der Waals surface area contributed by atoms with Crippen LogP contribution in [0.5, 0.6) is 0 Å². The number of anilines is 2. The van der Waals surface area contributed by atoms with E-state index in [1.165, 1.54) is 12.1 Å². The number of pyridine rings is 1. The molecular weight excluding hydrogens is 244 g/mol. The quantitative estimate of drug-likeness (QED) is 0.669. The molecule has 1 aromatic rings. The molecule has 0 atom stereocenters. The third kappa shape index (κ3) is 2.94. The van der Waals surface area contributed by atoms with Crippen molar-refractivity contribution in [2.24, 2.45) is 11.8 Å². The first kappa shape index (κ1) is 13.6. The largest absolute Gasteiger partial charge is 0.384 e. The Balaban J connectivity index is 2.19. The Morgan fingerprint density at radius 1 is 1.42 bits per heavy atom. The molecule has 2 N–H and O–H groups in total. The lowest BCUT2D eigenvalue weighted by atomic mass is 9.87. The first-order chi connectivity index (χ1) is 8.99. The highest BCUT2D eigenvalue weighted by atomic mass is 16.6. The number of piperidine rings is 1. The molecule has 0 unspecified atom stereocenters. The molecular formula is C13H20N4O2. The summed E-state index contributed by atoms with van der Waals surface area (Å²) < 4.78 is 0. The van der Waals surface area contributed by atoms with Crippen LogP contribution in [0.15, 0.2) is 12.1 Å². The second-order valence-corrected chi connectivity index (χ2v) is 5.40. The number of hydrogen-bond acceptors (Lipinski definition) is 5. The normalized spacial score (nSPS) is 16.9. The summed E-state index contributed by atoms with van der Waals surface area (Å²) in [6.07, 6.45) is 2.09. The van der Waals surface area contributed by atoms with Crippen molar-refractivity contribution < 1.29 is 4.92 Å². The van der Waals surface area contributed by atoms with Gasteiger partial charge in [0.15, 0.2) is 0 Å². The fourth-order valence-electron chi connectivity index (χ4n) is 2.61. The minimum atomic E-state index is -0.393. The van der Waals surface area contributed by atoms with Crippen LogP contribution in [0.2, 0.25) is 0 Å². The van der Waals surface area contributed by atoms with Gasteiger partial charge >= 0.3 is 5.69 Å². The molecule has 104 valence electrons. The van der Waals surface area contributed by atoms with Crippen molar-refractivity contribution in [2.45, 2.75) is 26.7 Å². The highest BCUT2D eigenvalue weighted by Crippen LogP contribution is 2.32. The summed E-state index contributed by atoms with van der Waals surface area (Å²) in [7, 11) is 0. The van der Waals surface area contributed by atoms with Gasteiger partial charge in [-0.25, -0.2) is 4.98 Å². The van der Waals surface area contributed by atoms with Gasteiger partial charge in [0.2, 0.25) is 5.82 Å². The Kier molecular flexibility index (Phi) is 3.87. The molecule has 6 heteroatoms. The molecule has 19 heavy (non-hydrogen) atoms. The Hall–Kier alpha value is -1.85. The number of nitro groups is 1. The molecule has 0 aromatic carbocycles. The maximum absolute atomic E-state index is 11.0. The SMILES string of the molecule is CC(C)C1CCN(c2nc(N)ccc2[N+](=O)[O-])CC1. The van der Waals surface area contributed by atoms with E-state index in [0.717, 1.165) is 25.9 Å². The summed E-state index contributed by atoms with van der Waals surface area (Å²) in [6.45, 7) is 6.06. The highest BCUT2D eigenvalue weighted by molar-refractivity contribution is 5.61. The van der Waals surface area contributed by atoms with E-state index >= 15 is 0 Å². The lowest BCUT2D eigenvalue weighted by molar-refractivity contribution is -0.384. The molecule has 1 saturated heterocycles. The van der Waals surface area contributed by atoms with Crippen LogP contribution < -0.4 is 10.6 Å². The van der Waals surface area contributed by atoms with Gasteiger partial charge < -0.3 is 10.6 Å². The number of hydrogen-bond donors (Lipinski definition) is 1. The van der Waals surface area contributed by atoms with Crippen LogP contribution in [0, 0.1) is 22.0 Å². The Morgan fingerprint density at radius 3 is 2.58 bits per heavy atom. The van der Waals surface area contributed by atoms with E-state index in [0.29, 0.717) is 23.5 Å². The molecule has 0 saturated carbocycles. The van der Waals surface area contributed by atoms with Crippen LogP contribution in [-0.4, -0.2) is 23.0 Å². The van der Waals surface area contributed by atoms with Gasteiger partial charge in [0.1, 0.15) is 5.82 Å². The average molecular weight is 264 g/mol. The smallest absolute Gasteiger partial charge is 0.311 e. The number of rotatable bonds is 3. The van der Waals surface area contributed by atoms with E-state index in [4.69, 9.17) is 5.73 Å². The summed E-state index contributed by atoms with van der Waals surface area (Å²) >= 11 is 0. The number of nitrogens with two attached hydrogens (primary N) is 1. The van der Waals surface area contributed by atoms with Gasteiger partial charge in [-0.2, -0.15) is 0 Å². The molecule has 6 nitrogen and oxygen atoms in total. The van der Waals surface area contributed by atoms with Crippen LogP contribution in [0.25, 0.3) is 0 Å². The van der Waals surface area contributed by atoms with E-state index in [2.05, 4.69) is 18.8 Å². The molecule has 1 fully saturated rings. The summed E-state index contributed by atoms with van der Waals surface area (Å²) in [5.41, 5.74) is 5.69. The zero-order chi connectivity index (χ0) is 14.0. The first-order valence-corrected chi connectivity index (χ1v) is 6.65. The summed E-state index contributed by atoms with van der Waals surface area (Å²) in [5.74, 6) is 2.08. The number of nitrogens with zero attached hydrogens (tertiary/aromatic N) is 3. The lowest BCUT2D eigenvalue weighted by Crippen LogP contribution is -2.36. The van der Waals surface area contributed by atoms with Crippen LogP contribution in [0.3, 0.4) is 0 Å². The van der Waals surface area contributed by atoms with Crippen molar-refractivity contribution >= 4 is 17.3 Å². The second-order valence-electron chi connectivity index (χ2n) is 5.40. The van der Waals surface area contributed by atoms with Crippen molar-refractivity contribution in [2.75, 3.05) is 23.7 Å². The zero-order valence-electron chi connectivity index (χ0n) is 11.4. The van der Waals surface area contributed by atoms with Gasteiger partial charge in [-0.15, -0.1) is 0 Å². The highest BCUT2D eigenvalue weighted by Gasteiger charge is 2.27. The summed E-state index contributed by atoms with van der Waals surface area (Å²) in [5, 5.41) is 11.0. The molecule has 2 heterocycles. The maximum Gasteiger partial charge on any atom is 0.311 e. The molecule has 0 aliphatic carbocycles. The summed E-state index contributed by atoms with van der Waals surface area (Å²) in [4.78, 5) is 16.8. The molecule has 0 spiro atoms. The van der Waals surface area contributed by atoms with Crippen molar-refractivity contribution in [3.05, 3.63) is 22.2 Å². The Bertz CT molecular complexity index is 468. The lowest BCUT2D eigenvalue weighted by Gasteiger charge is -2.34. The van der Waals surface area contributed by atoms with E-state index < -0.39 is 4.92 Å². The average Bonchev–Trinajstić information content (AvgIpc) is 2.38. The first-order valence-electron chi connectivity index (χ1n) is 6.65. The van der Waals surface area contributed by atoms with E-state index in [1.54, 1.807) is 0 Å². The van der Waals surface area contributed by atoms with Crippen molar-refractivity contribution in [1.29, 1.82) is 0 Å². The van der Waals surface area contributed by atoms with Gasteiger partial charge in [0, 0.05) is 19.2 Å². The standard InChI is InChI=1S/C13H20N4O2/c1-9(2)10-5-7-16(8-6-10)13-11(17(18)19)3-4-12(14)15-13/h3-4,9-10H,5-8H2,1-2H3,(H2,14,15). The maximum atomic E-state index is 11.0. The second kappa shape index (κ2) is 5.42. The molecule has 0 radical (unpaired) electrons. The minimum Gasteiger partial charge on any atom is -0.384 e. The van der Waals surface area contributed by atoms with E-state index in [1.807, 2.05) is 4.90 Å². The predicted octanol–water partition coefficient (Wildman–Crippen LogP) is 2.44. The van der Waals surface area contributed by atoms with Gasteiger partial charge in [-0.3, -0.25) is 10.1 Å². The fourth-order valence-corrected chi connectivity index (χ4v) is 2.61. The third-order valence-corrected chi connectivity index (χ3v) is 3.85. The number of aromatic nitrogens is 1. The van der Waals surface area contributed by atoms with Crippen LogP contribution in [0.1, 0.15) is 26.7 Å². The molecule has 1 aliphatic rings. The fraction of sp³-hybridized carbons (Fsp3) is 0.615. The van der Waals surface area contributed by atoms with Gasteiger partial charge in [0.05, 0.1) is 4.92 Å². The van der Waals surface area contributed by atoms with Crippen molar-refractivity contribution in [1.82, 2.24) is 4.98 Å². The molecule has 0 bridgehead atoms. The predicted molar refractivity (Wildman–Crippen MR) is 75.1 cm³/mol. The van der Waals surface area contributed by atoms with E-state index in [-0.39, 0.29) is 5.69 Å². The molecule has 0 amide bonds. The monoisotopic (exact) mass is 264 g/mol. The molecule has 1 aliphatic heterocycles.